The van der Waals surface area contributed by atoms with Crippen LogP contribution in [0.25, 0.3) is 0 Å². The van der Waals surface area contributed by atoms with Gasteiger partial charge in [-0.15, -0.1) is 0 Å². The molecule has 1 aliphatic rings. The molecule has 2 atom stereocenters. The van der Waals surface area contributed by atoms with E-state index in [2.05, 4.69) is 4.89 Å². The van der Waals surface area contributed by atoms with Crippen LogP contribution in [0.2, 0.25) is 0 Å². The van der Waals surface area contributed by atoms with Crippen molar-refractivity contribution < 1.29 is 19.1 Å². The Morgan fingerprint density at radius 1 is 1.28 bits per heavy atom. The summed E-state index contributed by atoms with van der Waals surface area (Å²) >= 11 is 0. The topological polar surface area (TPSA) is 59.0 Å². The molecule has 0 fully saturated rings. The van der Waals surface area contributed by atoms with E-state index in [1.165, 1.54) is 4.31 Å². The van der Waals surface area contributed by atoms with E-state index in [0.717, 1.165) is 5.57 Å². The van der Waals surface area contributed by atoms with Gasteiger partial charge in [-0.1, -0.05) is 0 Å². The highest BCUT2D eigenvalue weighted by Gasteiger charge is 2.36. The van der Waals surface area contributed by atoms with Crippen LogP contribution in [-0.4, -0.2) is 22.8 Å². The largest absolute Gasteiger partial charge is 0.497 e. The number of ether oxygens (including phenoxy) is 1. The number of allylic oxidation sites excluding steroid dienone is 1. The van der Waals surface area contributed by atoms with Gasteiger partial charge in [0.1, 0.15) is 5.75 Å². The lowest BCUT2D eigenvalue weighted by atomic mass is 10.2. The van der Waals surface area contributed by atoms with Crippen LogP contribution in [0, 0.1) is 0 Å². The Morgan fingerprint density at radius 2 is 1.89 bits per heavy atom. The number of benzene rings is 1. The molecule has 6 heteroatoms. The zero-order valence-electron chi connectivity index (χ0n) is 10.4. The third-order valence-corrected chi connectivity index (χ3v) is 4.61. The molecular weight excluding hydrogens is 254 g/mol. The molecule has 1 aromatic carbocycles. The van der Waals surface area contributed by atoms with E-state index in [0.29, 0.717) is 16.3 Å². The summed E-state index contributed by atoms with van der Waals surface area (Å²) in [6, 6.07) is 7.08. The minimum atomic E-state index is -1.34. The number of hydrogen-bond acceptors (Lipinski definition) is 4. The zero-order chi connectivity index (χ0) is 13.3. The van der Waals surface area contributed by atoms with Crippen molar-refractivity contribution in [3.05, 3.63) is 34.7 Å². The maximum Gasteiger partial charge on any atom is 0.199 e. The molecule has 0 spiro atoms. The van der Waals surface area contributed by atoms with Crippen molar-refractivity contribution in [3.63, 3.8) is 0 Å². The van der Waals surface area contributed by atoms with Crippen LogP contribution < -0.4 is 9.04 Å². The molecule has 0 bridgehead atoms. The number of hydrogen-bond donors (Lipinski definition) is 1. The molecule has 0 amide bonds. The minimum Gasteiger partial charge on any atom is -0.497 e. The summed E-state index contributed by atoms with van der Waals surface area (Å²) in [6.07, 6.45) is -0.709. The van der Waals surface area contributed by atoms with Crippen LogP contribution in [0.4, 0.5) is 5.69 Å². The monoisotopic (exact) mass is 269 g/mol. The molecule has 0 aromatic heterocycles. The molecule has 1 aliphatic heterocycles. The summed E-state index contributed by atoms with van der Waals surface area (Å²) in [4.78, 5) is 5.13. The summed E-state index contributed by atoms with van der Waals surface area (Å²) in [7, 11) is 0.244. The first kappa shape index (κ1) is 13.1. The van der Waals surface area contributed by atoms with Crippen LogP contribution in [-0.2, 0) is 15.9 Å². The maximum atomic E-state index is 12.2. The molecule has 1 aromatic rings. The normalized spacial score (nSPS) is 23.7. The maximum absolute atomic E-state index is 12.2. The fraction of sp³-hybridized carbons (Fsp3) is 0.333. The van der Waals surface area contributed by atoms with Gasteiger partial charge in [0, 0.05) is 4.91 Å². The summed E-state index contributed by atoms with van der Waals surface area (Å²) in [6.45, 7) is 3.55. The Bertz CT molecular complexity index is 497. The molecule has 2 rings (SSSR count). The van der Waals surface area contributed by atoms with Crippen LogP contribution >= 0.6 is 0 Å². The predicted octanol–water partition coefficient (Wildman–Crippen LogP) is 2.29. The molecule has 0 radical (unpaired) electrons. The van der Waals surface area contributed by atoms with Gasteiger partial charge in [0.05, 0.1) is 12.8 Å². The van der Waals surface area contributed by atoms with E-state index in [4.69, 9.17) is 9.99 Å². The SMILES string of the molecule is COc1ccc(N2[C@H](OO)C(C)=C(C)S2=O)cc1. The van der Waals surface area contributed by atoms with Crippen molar-refractivity contribution in [2.24, 2.45) is 0 Å². The van der Waals surface area contributed by atoms with Gasteiger partial charge in [0.2, 0.25) is 0 Å². The number of rotatable bonds is 3. The molecule has 0 saturated heterocycles. The van der Waals surface area contributed by atoms with E-state index >= 15 is 0 Å². The highest BCUT2D eigenvalue weighted by Crippen LogP contribution is 2.34. The molecule has 1 heterocycles. The fourth-order valence-corrected chi connectivity index (χ4v) is 3.16. The molecule has 5 nitrogen and oxygen atoms in total. The first-order chi connectivity index (χ1) is 8.60. The minimum absolute atomic E-state index is 0.699. The molecule has 0 saturated carbocycles. The molecule has 98 valence electrons. The van der Waals surface area contributed by atoms with Crippen LogP contribution in [0.15, 0.2) is 34.7 Å². The smallest absolute Gasteiger partial charge is 0.199 e. The molecule has 1 unspecified atom stereocenters. The fourth-order valence-electron chi connectivity index (χ4n) is 1.80. The Balaban J connectivity index is 2.35. The van der Waals surface area contributed by atoms with Gasteiger partial charge in [0.25, 0.3) is 0 Å². The Labute approximate surface area is 108 Å². The number of methoxy groups -OCH3 is 1. The van der Waals surface area contributed by atoms with Crippen molar-refractivity contribution in [3.8, 4) is 5.75 Å². The number of nitrogens with zero attached hydrogens (tertiary/aromatic N) is 1. The quantitative estimate of drug-likeness (QED) is 0.675. The first-order valence-electron chi connectivity index (χ1n) is 5.43. The van der Waals surface area contributed by atoms with Crippen LogP contribution in [0.3, 0.4) is 0 Å². The zero-order valence-corrected chi connectivity index (χ0v) is 11.2. The summed E-state index contributed by atoms with van der Waals surface area (Å²) in [5, 5.41) is 8.97. The lowest BCUT2D eigenvalue weighted by Gasteiger charge is -2.23. The third kappa shape index (κ3) is 2.03. The predicted molar refractivity (Wildman–Crippen MR) is 69.5 cm³/mol. The second kappa shape index (κ2) is 5.09. The highest BCUT2D eigenvalue weighted by molar-refractivity contribution is 7.90. The van der Waals surface area contributed by atoms with Crippen molar-refractivity contribution in [2.75, 3.05) is 11.4 Å². The summed E-state index contributed by atoms with van der Waals surface area (Å²) in [5.41, 5.74) is 1.45. The first-order valence-corrected chi connectivity index (χ1v) is 6.53. The van der Waals surface area contributed by atoms with Gasteiger partial charge in [-0.25, -0.2) is 14.4 Å². The van der Waals surface area contributed by atoms with Crippen LogP contribution in [0.1, 0.15) is 13.8 Å². The van der Waals surface area contributed by atoms with E-state index in [9.17, 15) is 4.21 Å². The summed E-state index contributed by atoms with van der Waals surface area (Å²) in [5.74, 6) is 0.714. The second-order valence-electron chi connectivity index (χ2n) is 3.97. The van der Waals surface area contributed by atoms with Crippen molar-refractivity contribution >= 4 is 16.7 Å². The van der Waals surface area contributed by atoms with Gasteiger partial charge in [0.15, 0.2) is 17.2 Å². The molecule has 0 aliphatic carbocycles. The van der Waals surface area contributed by atoms with Crippen molar-refractivity contribution in [1.29, 1.82) is 0 Å². The Morgan fingerprint density at radius 3 is 2.39 bits per heavy atom. The van der Waals surface area contributed by atoms with Gasteiger partial charge < -0.3 is 4.74 Å². The van der Waals surface area contributed by atoms with E-state index in [-0.39, 0.29) is 0 Å². The van der Waals surface area contributed by atoms with Gasteiger partial charge in [-0.3, -0.25) is 4.31 Å². The van der Waals surface area contributed by atoms with Gasteiger partial charge in [-0.2, -0.15) is 0 Å². The third-order valence-electron chi connectivity index (χ3n) is 3.01. The average Bonchev–Trinajstić information content (AvgIpc) is 2.63. The lowest BCUT2D eigenvalue weighted by molar-refractivity contribution is -0.264. The van der Waals surface area contributed by atoms with Gasteiger partial charge in [-0.05, 0) is 43.7 Å². The Hall–Kier alpha value is -1.37. The van der Waals surface area contributed by atoms with Crippen molar-refractivity contribution in [1.82, 2.24) is 0 Å². The average molecular weight is 269 g/mol. The lowest BCUT2D eigenvalue weighted by Crippen LogP contribution is -2.33. The van der Waals surface area contributed by atoms with E-state index in [1.807, 2.05) is 0 Å². The number of anilines is 1. The van der Waals surface area contributed by atoms with E-state index < -0.39 is 17.2 Å². The molecule has 1 N–H and O–H groups in total. The van der Waals surface area contributed by atoms with Crippen LogP contribution in [0.5, 0.6) is 5.75 Å². The van der Waals surface area contributed by atoms with Gasteiger partial charge >= 0.3 is 0 Å². The Kier molecular flexibility index (Phi) is 3.70. The second-order valence-corrected chi connectivity index (χ2v) is 5.47. The molecular formula is C12H15NO4S. The standard InChI is InChI=1S/C12H15NO4S/c1-8-9(2)18(15)13(12(8)17-14)10-4-6-11(16-3)7-5-10/h4-7,12,14H,1-3H3/t12-,18?/m1/s1. The van der Waals surface area contributed by atoms with E-state index in [1.54, 1.807) is 45.2 Å². The highest BCUT2D eigenvalue weighted by atomic mass is 32.2. The molecule has 18 heavy (non-hydrogen) atoms. The van der Waals surface area contributed by atoms with Crippen molar-refractivity contribution in [2.45, 2.75) is 20.1 Å². The summed E-state index contributed by atoms with van der Waals surface area (Å²) < 4.78 is 18.8.